The molecule has 13 nitrogen and oxygen atoms in total. The summed E-state index contributed by atoms with van der Waals surface area (Å²) in [5, 5.41) is 2.32. The van der Waals surface area contributed by atoms with E-state index in [9.17, 15) is 217 Å². The molecule has 1 aliphatic rings. The number of nitrogens with one attached hydrogen (secondary N) is 1. The molecular formula is C60H54F51NO12S. The molecule has 125 heavy (non-hydrogen) atoms. The number of benzene rings is 1. The predicted octanol–water partition coefficient (Wildman–Crippen LogP) is 20.5. The Hall–Kier alpha value is -6.32. The highest BCUT2D eigenvalue weighted by molar-refractivity contribution is 7.99. The smallest absolute Gasteiger partial charge is 0.460 e. The fourth-order valence-electron chi connectivity index (χ4n) is 10.2. The second-order valence-corrected chi connectivity index (χ2v) is 27.8. The lowest BCUT2D eigenvalue weighted by molar-refractivity contribution is -0.461. The van der Waals surface area contributed by atoms with Crippen LogP contribution in [0.1, 0.15) is 77.3 Å². The Balaban J connectivity index is 3.00. The third-order valence-corrected chi connectivity index (χ3v) is 18.3. The summed E-state index contributed by atoms with van der Waals surface area (Å²) in [7, 11) is 0. The third kappa shape index (κ3) is 21.3. The first-order valence-electron chi connectivity index (χ1n) is 32.7. The molecule has 5 atom stereocenters. The Bertz CT molecular complexity index is 3510. The molecule has 1 amide bonds. The van der Waals surface area contributed by atoms with E-state index in [2.05, 4.69) is 5.32 Å². The Morgan fingerprint density at radius 1 is 0.344 bits per heavy atom. The maximum atomic E-state index is 15.0. The summed E-state index contributed by atoms with van der Waals surface area (Å²) in [6.45, 7) is -13.6. The van der Waals surface area contributed by atoms with Gasteiger partial charge in [0.15, 0.2) is 12.2 Å². The average Bonchev–Trinajstić information content (AvgIpc) is 0.703. The maximum Gasteiger partial charge on any atom is 0.460 e. The molecule has 2 rings (SSSR count). The number of thioether (sulfide) groups is 1. The molecule has 0 saturated carbocycles. The van der Waals surface area contributed by atoms with Crippen molar-refractivity contribution in [2.75, 3.05) is 52.9 Å². The Labute approximate surface area is 666 Å². The van der Waals surface area contributed by atoms with Gasteiger partial charge in [0, 0.05) is 72.5 Å². The number of carbonyl (C=O) groups is 4. The van der Waals surface area contributed by atoms with Crippen molar-refractivity contribution in [1.29, 1.82) is 0 Å². The minimum atomic E-state index is -9.22. The maximum absolute atomic E-state index is 15.0. The van der Waals surface area contributed by atoms with E-state index in [-0.39, 0.29) is 11.1 Å². The van der Waals surface area contributed by atoms with Gasteiger partial charge in [-0.15, -0.1) is 11.8 Å². The molecule has 0 spiro atoms. The fraction of sp³-hybridized carbons (Fsp3) is 0.833. The van der Waals surface area contributed by atoms with Gasteiger partial charge in [0.1, 0.15) is 24.2 Å². The van der Waals surface area contributed by atoms with Crippen LogP contribution >= 0.6 is 11.8 Å². The van der Waals surface area contributed by atoms with Crippen LogP contribution in [0.5, 0.6) is 0 Å². The fourth-order valence-corrected chi connectivity index (χ4v) is 11.4. The molecule has 1 aliphatic heterocycles. The van der Waals surface area contributed by atoms with E-state index >= 15 is 26.3 Å². The molecule has 734 valence electrons. The highest BCUT2D eigenvalue weighted by atomic mass is 32.2. The third-order valence-electron chi connectivity index (χ3n) is 17.1. The van der Waals surface area contributed by atoms with Gasteiger partial charge >= 0.3 is 161 Å². The van der Waals surface area contributed by atoms with Gasteiger partial charge in [-0.1, -0.05) is 24.3 Å². The Morgan fingerprint density at radius 2 is 0.608 bits per heavy atom. The van der Waals surface area contributed by atoms with Gasteiger partial charge in [0.05, 0.1) is 38.4 Å². The second kappa shape index (κ2) is 37.5. The van der Waals surface area contributed by atoms with Crippen LogP contribution in [0.2, 0.25) is 0 Å². The van der Waals surface area contributed by atoms with Crippen molar-refractivity contribution in [1.82, 2.24) is 5.32 Å². The molecule has 1 heterocycles. The normalized spacial score (nSPS) is 18.9. The first-order valence-corrected chi connectivity index (χ1v) is 33.7. The minimum Gasteiger partial charge on any atom is -0.463 e. The van der Waals surface area contributed by atoms with Crippen LogP contribution in [0.3, 0.4) is 0 Å². The number of alkyl halides is 51. The largest absolute Gasteiger partial charge is 0.463 e. The van der Waals surface area contributed by atoms with Crippen LogP contribution in [-0.2, 0) is 69.4 Å². The van der Waals surface area contributed by atoms with Gasteiger partial charge < -0.3 is 43.2 Å². The summed E-state index contributed by atoms with van der Waals surface area (Å²) in [6, 6.07) is 2.36. The van der Waals surface area contributed by atoms with Crippen LogP contribution < -0.4 is 5.32 Å². The second-order valence-electron chi connectivity index (χ2n) is 26.8. The van der Waals surface area contributed by atoms with Crippen molar-refractivity contribution in [3.8, 4) is 0 Å². The van der Waals surface area contributed by atoms with Crippen molar-refractivity contribution in [2.24, 2.45) is 5.41 Å². The number of halogens is 51. The molecule has 65 heteroatoms. The zero-order valence-electron chi connectivity index (χ0n) is 61.1. The lowest BCUT2D eigenvalue weighted by Gasteiger charge is -2.45. The molecule has 1 fully saturated rings. The van der Waals surface area contributed by atoms with E-state index in [4.69, 9.17) is 37.9 Å². The highest BCUT2D eigenvalue weighted by Gasteiger charge is 2.99. The van der Waals surface area contributed by atoms with Gasteiger partial charge in [-0.25, -0.2) is 0 Å². The SMILES string of the molecule is CC(=O)N[C@@H]1[C@@H](OC(C)=O)[C@H](OC(C)=O)[C@@H](COC(C)=O)O[C@H]1SCc1cccc(COCC(COCCCC(F)(F)C(F)(F)C(F)(F)C(F)(F)C(F)(F)C(F)(F)C(F)(F)C(F)(F)F)(COCCCC(F)(F)C(F)(F)C(F)(F)C(F)(F)C(F)(F)C(F)(F)C(F)(F)C(F)(F)F)COCCCC(F)(F)C(F)(F)C(F)(F)C(F)(F)C(F)(F)C(F)(F)C(F)(F)C(F)(F)F)c1. The monoisotopic (exact) mass is 1980 g/mol. The van der Waals surface area contributed by atoms with Gasteiger partial charge in [-0.3, -0.25) is 19.2 Å². The molecule has 1 aromatic carbocycles. The van der Waals surface area contributed by atoms with Crippen molar-refractivity contribution in [2.45, 2.75) is 251 Å². The molecule has 0 radical (unpaired) electrons. The van der Waals surface area contributed by atoms with E-state index in [1.165, 1.54) is 0 Å². The zero-order valence-corrected chi connectivity index (χ0v) is 61.9. The Kier molecular flexibility index (Phi) is 34.4. The number of esters is 3. The molecule has 0 aromatic heterocycles. The van der Waals surface area contributed by atoms with Crippen molar-refractivity contribution >= 4 is 35.6 Å². The topological polar surface area (TPSA) is 154 Å². The van der Waals surface area contributed by atoms with Crippen molar-refractivity contribution in [3.63, 3.8) is 0 Å². The minimum absolute atomic E-state index is 0.0826. The molecule has 0 bridgehead atoms. The van der Waals surface area contributed by atoms with Crippen molar-refractivity contribution in [3.05, 3.63) is 35.4 Å². The molecule has 0 unspecified atom stereocenters. The predicted molar refractivity (Wildman–Crippen MR) is 306 cm³/mol. The van der Waals surface area contributed by atoms with Crippen LogP contribution in [0, 0.1) is 5.41 Å². The van der Waals surface area contributed by atoms with E-state index in [1.807, 2.05) is 0 Å². The van der Waals surface area contributed by atoms with Gasteiger partial charge in [-0.05, 0) is 30.4 Å². The summed E-state index contributed by atoms with van der Waals surface area (Å²) >= 11 is 0.565. The summed E-state index contributed by atoms with van der Waals surface area (Å²) < 4.78 is 756. The summed E-state index contributed by atoms with van der Waals surface area (Å²) in [4.78, 5) is 48.8. The van der Waals surface area contributed by atoms with E-state index in [0.29, 0.717) is 11.8 Å². The van der Waals surface area contributed by atoms with Gasteiger partial charge in [0.25, 0.3) is 0 Å². The van der Waals surface area contributed by atoms with E-state index < -0.39 is 306 Å². The van der Waals surface area contributed by atoms with Gasteiger partial charge in [-0.2, -0.15) is 224 Å². The molecule has 1 N–H and O–H groups in total. The number of carbonyl (C=O) groups excluding carboxylic acids is 4. The van der Waals surface area contributed by atoms with Crippen LogP contribution in [0.15, 0.2) is 24.3 Å². The lowest BCUT2D eigenvalue weighted by atomic mass is 9.88. The average molecular weight is 1980 g/mol. The molecular weight excluding hydrogens is 1930 g/mol. The number of amides is 1. The summed E-state index contributed by atoms with van der Waals surface area (Å²) in [6.07, 6.45) is -47.6. The summed E-state index contributed by atoms with van der Waals surface area (Å²) in [5.41, 5.74) is -5.32. The summed E-state index contributed by atoms with van der Waals surface area (Å²) in [5.74, 6) is -188. The first kappa shape index (κ1) is 115. The number of hydrogen-bond acceptors (Lipinski definition) is 13. The van der Waals surface area contributed by atoms with Gasteiger partial charge in [0.2, 0.25) is 5.91 Å². The quantitative estimate of drug-likeness (QED) is 0.0285. The van der Waals surface area contributed by atoms with Crippen molar-refractivity contribution < 1.29 is 281 Å². The standard InChI is InChI=1S/C60H54F51NO12S/c1-25(113)112-32-34(123-28(4)116)33(122-27(3)115)31(19-121-26(2)114)124-35(32)125-20-30-10-5-9-29(17-30)18-120-24-36(21-117-14-6-11-37(61,62)40(67,68)43(73,74)46(79,80)49(85,86)52(91,92)55(97,98)58(103,104)105,22-118-15-7-12-38(63,64)41(69,70)44(75,76)47(81,82)50(87,88)53(93,94)56(99,100)59(106,107)108)23-119-16-8-13-39(65,66)42(71,72)45(77,78)48(83,84)51(89,90)54(95,96)57(101,102)60(109,110)111/h5,9-10,17,31-35H,6-8,11-16,18-24H2,1-4H3,(H,112,113)/t31-,32-,33-,34-,35+/m1/s1. The van der Waals surface area contributed by atoms with Crippen LogP contribution in [0.25, 0.3) is 0 Å². The number of rotatable bonds is 48. The first-order chi connectivity index (χ1) is 55.1. The molecule has 0 aliphatic carbocycles. The highest BCUT2D eigenvalue weighted by Crippen LogP contribution is 2.69. The van der Waals surface area contributed by atoms with Crippen LogP contribution in [0.4, 0.5) is 224 Å². The number of hydrogen-bond donors (Lipinski definition) is 1. The molecule has 1 aromatic rings. The van der Waals surface area contributed by atoms with Crippen LogP contribution in [-0.4, -0.2) is 249 Å². The van der Waals surface area contributed by atoms with E-state index in [0.717, 1.165) is 52.0 Å². The lowest BCUT2D eigenvalue weighted by Crippen LogP contribution is -2.74. The zero-order chi connectivity index (χ0) is 99.1. The van der Waals surface area contributed by atoms with E-state index in [1.54, 1.807) is 0 Å². The molecule has 1 saturated heterocycles. The number of ether oxygens (including phenoxy) is 8. The Morgan fingerprint density at radius 3 is 0.880 bits per heavy atom.